The minimum Gasteiger partial charge on any atom is -0.487 e. The topological polar surface area (TPSA) is 119 Å². The van der Waals surface area contributed by atoms with Gasteiger partial charge in [-0.3, -0.25) is 29.4 Å². The second-order valence-corrected chi connectivity index (χ2v) is 10.6. The van der Waals surface area contributed by atoms with Gasteiger partial charge < -0.3 is 10.1 Å². The molecule has 1 fully saturated rings. The van der Waals surface area contributed by atoms with Gasteiger partial charge in [-0.05, 0) is 109 Å². The summed E-state index contributed by atoms with van der Waals surface area (Å²) in [6, 6.07) is 14.5. The molecule has 0 radical (unpaired) electrons. The predicted octanol–water partition coefficient (Wildman–Crippen LogP) is 6.51. The van der Waals surface area contributed by atoms with Crippen molar-refractivity contribution in [1.82, 2.24) is 4.90 Å². The molecule has 9 nitrogen and oxygen atoms in total. The summed E-state index contributed by atoms with van der Waals surface area (Å²) in [4.78, 5) is 48.8. The van der Waals surface area contributed by atoms with Crippen molar-refractivity contribution in [2.24, 2.45) is 0 Å². The van der Waals surface area contributed by atoms with Crippen LogP contribution in [0, 0.1) is 15.9 Å². The van der Waals surface area contributed by atoms with E-state index >= 15 is 0 Å². The number of nitrogens with zero attached hydrogens (tertiary/aromatic N) is 2. The molecule has 0 spiro atoms. The summed E-state index contributed by atoms with van der Waals surface area (Å²) < 4.78 is 20.0. The van der Waals surface area contributed by atoms with Crippen LogP contribution in [0.25, 0.3) is 6.08 Å². The zero-order valence-corrected chi connectivity index (χ0v) is 23.1. The number of hydrogen-bond acceptors (Lipinski definition) is 7. The number of hydrogen-bond donors (Lipinski definition) is 1. The lowest BCUT2D eigenvalue weighted by Crippen LogP contribution is -2.36. The first-order valence-electron chi connectivity index (χ1n) is 10.8. The van der Waals surface area contributed by atoms with Gasteiger partial charge in [-0.1, -0.05) is 0 Å². The Morgan fingerprint density at radius 3 is 2.32 bits per heavy atom. The number of nitro benzene ring substituents is 1. The Kier molecular flexibility index (Phi) is 8.59. The van der Waals surface area contributed by atoms with Crippen molar-refractivity contribution in [3.63, 3.8) is 0 Å². The average Bonchev–Trinajstić information content (AvgIpc) is 3.12. The highest BCUT2D eigenvalue weighted by atomic mass is 79.9. The molecule has 0 atom stereocenters. The summed E-state index contributed by atoms with van der Waals surface area (Å²) in [5.41, 5.74) is 1.64. The van der Waals surface area contributed by atoms with Gasteiger partial charge >= 0.3 is 0 Å². The van der Waals surface area contributed by atoms with Crippen molar-refractivity contribution in [1.29, 1.82) is 0 Å². The van der Waals surface area contributed by atoms with E-state index < -0.39 is 34.3 Å². The molecule has 3 amide bonds. The van der Waals surface area contributed by atoms with Crippen molar-refractivity contribution >= 4 is 78.1 Å². The Morgan fingerprint density at radius 1 is 1.08 bits per heavy atom. The average molecular weight is 665 g/mol. The van der Waals surface area contributed by atoms with Crippen LogP contribution >= 0.6 is 43.6 Å². The summed E-state index contributed by atoms with van der Waals surface area (Å²) in [7, 11) is 0. The second-order valence-electron chi connectivity index (χ2n) is 7.85. The van der Waals surface area contributed by atoms with Crippen LogP contribution in [0.5, 0.6) is 5.75 Å². The fourth-order valence-electron chi connectivity index (χ4n) is 3.34. The Balaban J connectivity index is 1.42. The molecule has 38 heavy (non-hydrogen) atoms. The van der Waals surface area contributed by atoms with Gasteiger partial charge in [0.15, 0.2) is 0 Å². The molecular weight excluding hydrogens is 649 g/mol. The number of carbonyl (C=O) groups is 3. The monoisotopic (exact) mass is 663 g/mol. The Bertz CT molecular complexity index is 1440. The fraction of sp³-hybridized carbons (Fsp3) is 0.0800. The van der Waals surface area contributed by atoms with E-state index in [1.807, 2.05) is 0 Å². The van der Waals surface area contributed by atoms with E-state index in [0.29, 0.717) is 37.7 Å². The first-order valence-corrected chi connectivity index (χ1v) is 13.2. The third-order valence-corrected chi connectivity index (χ3v) is 7.24. The van der Waals surface area contributed by atoms with Crippen LogP contribution in [0.4, 0.5) is 20.6 Å². The first-order chi connectivity index (χ1) is 18.1. The number of rotatable bonds is 8. The van der Waals surface area contributed by atoms with Gasteiger partial charge in [-0.2, -0.15) is 0 Å². The molecule has 0 aromatic heterocycles. The van der Waals surface area contributed by atoms with Crippen LogP contribution in [0.1, 0.15) is 11.1 Å². The molecular formula is C25H16Br2FN3O6S. The van der Waals surface area contributed by atoms with Gasteiger partial charge in [0.2, 0.25) is 5.91 Å². The molecule has 13 heteroatoms. The van der Waals surface area contributed by atoms with Crippen LogP contribution in [0.15, 0.2) is 74.5 Å². The summed E-state index contributed by atoms with van der Waals surface area (Å²) in [5.74, 6) is -1.19. The molecule has 1 saturated heterocycles. The minimum absolute atomic E-state index is 0.0154. The molecule has 0 unspecified atom stereocenters. The Morgan fingerprint density at radius 2 is 1.71 bits per heavy atom. The summed E-state index contributed by atoms with van der Waals surface area (Å²) in [6.45, 7) is -0.324. The highest BCUT2D eigenvalue weighted by molar-refractivity contribution is 9.11. The smallest absolute Gasteiger partial charge is 0.294 e. The first kappa shape index (κ1) is 27.5. The Hall–Kier alpha value is -3.55. The van der Waals surface area contributed by atoms with Gasteiger partial charge in [0, 0.05) is 17.8 Å². The summed E-state index contributed by atoms with van der Waals surface area (Å²) in [6.07, 6.45) is 1.53. The molecule has 4 rings (SSSR count). The van der Waals surface area contributed by atoms with Crippen LogP contribution < -0.4 is 10.1 Å². The van der Waals surface area contributed by atoms with E-state index in [4.69, 9.17) is 4.74 Å². The Labute approximate surface area is 236 Å². The van der Waals surface area contributed by atoms with Crippen molar-refractivity contribution in [3.8, 4) is 5.75 Å². The van der Waals surface area contributed by atoms with Crippen LogP contribution in [0.3, 0.4) is 0 Å². The SMILES string of the molecule is O=C(CN1C(=O)S/C(=C\c2cc(Br)c(OCc3ccc([N+](=O)[O-])cc3)c(Br)c2)C1=O)Nc1ccc(F)cc1. The molecule has 1 aliphatic heterocycles. The van der Waals surface area contributed by atoms with E-state index in [1.54, 1.807) is 24.3 Å². The molecule has 3 aromatic carbocycles. The molecule has 0 saturated carbocycles. The highest BCUT2D eigenvalue weighted by Crippen LogP contribution is 2.38. The maximum absolute atomic E-state index is 13.0. The number of non-ortho nitro benzene ring substituents is 1. The molecule has 0 aliphatic carbocycles. The summed E-state index contributed by atoms with van der Waals surface area (Å²) in [5, 5.41) is 12.7. The number of amides is 3. The van der Waals surface area contributed by atoms with E-state index in [1.165, 1.54) is 42.5 Å². The van der Waals surface area contributed by atoms with Gasteiger partial charge in [0.05, 0.1) is 18.8 Å². The largest absolute Gasteiger partial charge is 0.487 e. The van der Waals surface area contributed by atoms with E-state index in [9.17, 15) is 28.9 Å². The summed E-state index contributed by atoms with van der Waals surface area (Å²) >= 11 is 7.59. The maximum Gasteiger partial charge on any atom is 0.294 e. The van der Waals surface area contributed by atoms with Crippen molar-refractivity contribution < 1.29 is 28.4 Å². The van der Waals surface area contributed by atoms with E-state index in [0.717, 1.165) is 10.5 Å². The number of carbonyl (C=O) groups excluding carboxylic acids is 3. The standard InChI is InChI=1S/C25H16Br2FN3O6S/c26-19-9-15(10-20(27)23(19)37-13-14-1-7-18(8-2-14)31(35)36)11-21-24(33)30(25(34)38-21)12-22(32)29-17-5-3-16(28)4-6-17/h1-11H,12-13H2,(H,29,32)/b21-11-. The molecule has 0 bridgehead atoms. The van der Waals surface area contributed by atoms with Crippen molar-refractivity contribution in [3.05, 3.63) is 102 Å². The fourth-order valence-corrected chi connectivity index (χ4v) is 5.62. The number of nitrogens with one attached hydrogen (secondary N) is 1. The lowest BCUT2D eigenvalue weighted by atomic mass is 10.2. The third kappa shape index (κ3) is 6.65. The van der Waals surface area contributed by atoms with E-state index in [2.05, 4.69) is 37.2 Å². The number of nitro groups is 1. The lowest BCUT2D eigenvalue weighted by Gasteiger charge is -2.13. The third-order valence-electron chi connectivity index (χ3n) is 5.15. The zero-order chi connectivity index (χ0) is 27.4. The van der Waals surface area contributed by atoms with Gasteiger partial charge in [0.25, 0.3) is 16.8 Å². The molecule has 1 N–H and O–H groups in total. The van der Waals surface area contributed by atoms with Gasteiger partial charge in [0.1, 0.15) is 24.7 Å². The highest BCUT2D eigenvalue weighted by Gasteiger charge is 2.36. The normalized spacial score (nSPS) is 14.2. The van der Waals surface area contributed by atoms with Crippen molar-refractivity contribution in [2.75, 3.05) is 11.9 Å². The number of anilines is 1. The zero-order valence-electron chi connectivity index (χ0n) is 19.2. The number of imide groups is 1. The predicted molar refractivity (Wildman–Crippen MR) is 147 cm³/mol. The number of thioether (sulfide) groups is 1. The van der Waals surface area contributed by atoms with Crippen molar-refractivity contribution in [2.45, 2.75) is 6.61 Å². The molecule has 1 heterocycles. The number of benzene rings is 3. The second kappa shape index (κ2) is 11.9. The van der Waals surface area contributed by atoms with Crippen LogP contribution in [0.2, 0.25) is 0 Å². The molecule has 3 aromatic rings. The lowest BCUT2D eigenvalue weighted by molar-refractivity contribution is -0.384. The van der Waals surface area contributed by atoms with Gasteiger partial charge in [-0.15, -0.1) is 0 Å². The van der Waals surface area contributed by atoms with E-state index in [-0.39, 0.29) is 17.2 Å². The number of halogens is 3. The van der Waals surface area contributed by atoms with Gasteiger partial charge in [-0.25, -0.2) is 4.39 Å². The molecule has 1 aliphatic rings. The minimum atomic E-state index is -0.611. The quantitative estimate of drug-likeness (QED) is 0.166. The molecule has 194 valence electrons. The number of ether oxygens (including phenoxy) is 1. The maximum atomic E-state index is 13.0. The van der Waals surface area contributed by atoms with Crippen LogP contribution in [-0.2, 0) is 16.2 Å². The van der Waals surface area contributed by atoms with Crippen LogP contribution in [-0.4, -0.2) is 33.4 Å².